The maximum Gasteiger partial charge on any atom is 0.112 e. The summed E-state index contributed by atoms with van der Waals surface area (Å²) in [4.78, 5) is 4.45. The fourth-order valence-electron chi connectivity index (χ4n) is 1.23. The Hall–Kier alpha value is -0.900. The molecule has 0 spiro atoms. The summed E-state index contributed by atoms with van der Waals surface area (Å²) in [5.41, 5.74) is 0.911. The van der Waals surface area contributed by atoms with Crippen LogP contribution in [0.15, 0.2) is 24.3 Å². The van der Waals surface area contributed by atoms with Crippen LogP contribution >= 0.6 is 0 Å². The maximum absolute atomic E-state index is 9.91. The Morgan fingerprint density at radius 1 is 1.54 bits per heavy atom. The van der Waals surface area contributed by atoms with Crippen molar-refractivity contribution >= 4 is 0 Å². The zero-order valence-electron chi connectivity index (χ0n) is 7.95. The van der Waals surface area contributed by atoms with Crippen LogP contribution in [0, 0.1) is 6.92 Å². The molecule has 0 fully saturated rings. The van der Waals surface area contributed by atoms with Gasteiger partial charge in [-0.3, -0.25) is 0 Å². The molecule has 13 heavy (non-hydrogen) atoms. The Labute approximate surface area is 78.1 Å². The Bertz CT molecular complexity index is 284. The van der Waals surface area contributed by atoms with Crippen LogP contribution in [0.4, 0.5) is 0 Å². The minimum Gasteiger partial charge on any atom is -0.383 e. The summed E-state index contributed by atoms with van der Waals surface area (Å²) in [6, 6.07) is 7.64. The van der Waals surface area contributed by atoms with Crippen molar-refractivity contribution in [3.8, 4) is 0 Å². The van der Waals surface area contributed by atoms with Crippen LogP contribution in [0.25, 0.3) is 0 Å². The second-order valence-electron chi connectivity index (χ2n) is 3.45. The van der Waals surface area contributed by atoms with E-state index < -0.39 is 5.60 Å². The standard InChI is InChI=1S/C10H15NO2/c1-8-4-3-5-9(6-8)10(2,12)7-13-11/h3-6,12H,7,11H2,1-2H3. The van der Waals surface area contributed by atoms with Crippen molar-refractivity contribution in [3.05, 3.63) is 35.4 Å². The minimum absolute atomic E-state index is 0.0937. The van der Waals surface area contributed by atoms with Crippen LogP contribution in [0.1, 0.15) is 18.1 Å². The van der Waals surface area contributed by atoms with Gasteiger partial charge >= 0.3 is 0 Å². The lowest BCUT2D eigenvalue weighted by atomic mass is 9.96. The summed E-state index contributed by atoms with van der Waals surface area (Å²) in [6.45, 7) is 3.74. The maximum atomic E-state index is 9.91. The van der Waals surface area contributed by atoms with Crippen molar-refractivity contribution in [2.75, 3.05) is 6.61 Å². The zero-order chi connectivity index (χ0) is 9.90. The molecule has 0 amide bonds. The Balaban J connectivity index is 2.93. The van der Waals surface area contributed by atoms with Crippen molar-refractivity contribution in [1.82, 2.24) is 0 Å². The molecule has 3 heteroatoms. The van der Waals surface area contributed by atoms with E-state index in [1.54, 1.807) is 6.92 Å². The first-order valence-corrected chi connectivity index (χ1v) is 4.17. The lowest BCUT2D eigenvalue weighted by molar-refractivity contribution is -0.0387. The molecule has 0 aromatic heterocycles. The molecule has 1 unspecified atom stereocenters. The smallest absolute Gasteiger partial charge is 0.112 e. The van der Waals surface area contributed by atoms with Crippen LogP contribution in [-0.4, -0.2) is 11.7 Å². The highest BCUT2D eigenvalue weighted by atomic mass is 16.6. The Kier molecular flexibility index (Phi) is 3.03. The first-order valence-electron chi connectivity index (χ1n) is 4.17. The molecular weight excluding hydrogens is 166 g/mol. The molecule has 0 saturated carbocycles. The van der Waals surface area contributed by atoms with Gasteiger partial charge in [0.15, 0.2) is 0 Å². The summed E-state index contributed by atoms with van der Waals surface area (Å²) < 4.78 is 0. The van der Waals surface area contributed by atoms with E-state index >= 15 is 0 Å². The largest absolute Gasteiger partial charge is 0.383 e. The molecule has 0 radical (unpaired) electrons. The molecule has 72 valence electrons. The van der Waals surface area contributed by atoms with Gasteiger partial charge in [0.05, 0.1) is 0 Å². The van der Waals surface area contributed by atoms with Crippen LogP contribution < -0.4 is 5.90 Å². The topological polar surface area (TPSA) is 55.5 Å². The lowest BCUT2D eigenvalue weighted by Gasteiger charge is -2.22. The molecular formula is C10H15NO2. The number of hydrogen-bond donors (Lipinski definition) is 2. The van der Waals surface area contributed by atoms with E-state index in [4.69, 9.17) is 5.90 Å². The van der Waals surface area contributed by atoms with E-state index in [2.05, 4.69) is 4.84 Å². The van der Waals surface area contributed by atoms with Crippen molar-refractivity contribution < 1.29 is 9.94 Å². The quantitative estimate of drug-likeness (QED) is 0.686. The number of rotatable bonds is 3. The van der Waals surface area contributed by atoms with Crippen LogP contribution in [0.3, 0.4) is 0 Å². The van der Waals surface area contributed by atoms with Gasteiger partial charge in [0, 0.05) is 0 Å². The highest BCUT2D eigenvalue weighted by Gasteiger charge is 2.22. The van der Waals surface area contributed by atoms with Crippen LogP contribution in [-0.2, 0) is 10.4 Å². The average molecular weight is 181 g/mol. The van der Waals surface area contributed by atoms with E-state index in [1.807, 2.05) is 31.2 Å². The van der Waals surface area contributed by atoms with Gasteiger partial charge in [-0.1, -0.05) is 29.8 Å². The molecule has 1 aromatic carbocycles. The molecule has 0 heterocycles. The fourth-order valence-corrected chi connectivity index (χ4v) is 1.23. The van der Waals surface area contributed by atoms with E-state index in [1.165, 1.54) is 0 Å². The molecule has 3 nitrogen and oxygen atoms in total. The molecule has 0 aliphatic carbocycles. The number of benzene rings is 1. The third kappa shape index (κ3) is 2.52. The van der Waals surface area contributed by atoms with E-state index in [0.29, 0.717) is 0 Å². The Morgan fingerprint density at radius 2 is 2.23 bits per heavy atom. The van der Waals surface area contributed by atoms with E-state index in [9.17, 15) is 5.11 Å². The monoisotopic (exact) mass is 181 g/mol. The number of nitrogens with two attached hydrogens (primary N) is 1. The second kappa shape index (κ2) is 3.87. The fraction of sp³-hybridized carbons (Fsp3) is 0.400. The second-order valence-corrected chi connectivity index (χ2v) is 3.45. The van der Waals surface area contributed by atoms with Gasteiger partial charge in [-0.25, -0.2) is 5.90 Å². The van der Waals surface area contributed by atoms with Crippen LogP contribution in [0.5, 0.6) is 0 Å². The third-order valence-electron chi connectivity index (χ3n) is 2.00. The summed E-state index contributed by atoms with van der Waals surface area (Å²) in [7, 11) is 0. The summed E-state index contributed by atoms with van der Waals surface area (Å²) in [5.74, 6) is 4.93. The van der Waals surface area contributed by atoms with Gasteiger partial charge in [-0.2, -0.15) is 0 Å². The van der Waals surface area contributed by atoms with Gasteiger partial charge in [0.2, 0.25) is 0 Å². The summed E-state index contributed by atoms with van der Waals surface area (Å²) in [6.07, 6.45) is 0. The normalized spacial score (nSPS) is 15.4. The van der Waals surface area contributed by atoms with Crippen LogP contribution in [0.2, 0.25) is 0 Å². The van der Waals surface area contributed by atoms with Gasteiger partial charge < -0.3 is 9.94 Å². The molecule has 1 aromatic rings. The molecule has 0 bridgehead atoms. The first-order chi connectivity index (χ1) is 6.06. The summed E-state index contributed by atoms with van der Waals surface area (Å²) in [5, 5.41) is 9.91. The van der Waals surface area contributed by atoms with Crippen molar-refractivity contribution in [3.63, 3.8) is 0 Å². The number of aliphatic hydroxyl groups is 1. The number of aryl methyl sites for hydroxylation is 1. The minimum atomic E-state index is -1.01. The molecule has 1 atom stereocenters. The average Bonchev–Trinajstić information content (AvgIpc) is 2.04. The Morgan fingerprint density at radius 3 is 2.77 bits per heavy atom. The summed E-state index contributed by atoms with van der Waals surface area (Å²) >= 11 is 0. The molecule has 1 rings (SSSR count). The lowest BCUT2D eigenvalue weighted by Crippen LogP contribution is -2.29. The zero-order valence-corrected chi connectivity index (χ0v) is 7.95. The molecule has 0 aliphatic rings. The number of hydrogen-bond acceptors (Lipinski definition) is 3. The SMILES string of the molecule is Cc1cccc(C(C)(O)CON)c1. The first kappa shape index (κ1) is 10.2. The van der Waals surface area contributed by atoms with Gasteiger partial charge in [-0.15, -0.1) is 0 Å². The van der Waals surface area contributed by atoms with Crippen molar-refractivity contribution in [2.24, 2.45) is 5.90 Å². The van der Waals surface area contributed by atoms with Gasteiger partial charge in [0.25, 0.3) is 0 Å². The van der Waals surface area contributed by atoms with Gasteiger partial charge in [-0.05, 0) is 19.4 Å². The highest BCUT2D eigenvalue weighted by molar-refractivity contribution is 5.26. The third-order valence-corrected chi connectivity index (χ3v) is 2.00. The van der Waals surface area contributed by atoms with E-state index in [-0.39, 0.29) is 6.61 Å². The van der Waals surface area contributed by atoms with Gasteiger partial charge in [0.1, 0.15) is 12.2 Å². The predicted octanol–water partition coefficient (Wildman–Crippen LogP) is 1.09. The predicted molar refractivity (Wildman–Crippen MR) is 50.9 cm³/mol. The van der Waals surface area contributed by atoms with E-state index in [0.717, 1.165) is 11.1 Å². The highest BCUT2D eigenvalue weighted by Crippen LogP contribution is 2.20. The molecule has 0 aliphatic heterocycles. The molecule has 3 N–H and O–H groups in total. The molecule has 0 saturated heterocycles. The van der Waals surface area contributed by atoms with Crippen molar-refractivity contribution in [1.29, 1.82) is 0 Å². The van der Waals surface area contributed by atoms with Crippen molar-refractivity contribution in [2.45, 2.75) is 19.4 Å².